The highest BCUT2D eigenvalue weighted by Gasteiger charge is 2.31. The molecule has 1 saturated carbocycles. The standard InChI is InChI=1S/C13H26N2/c1-10-4-5-13(8-11(10)2)15-7-6-14-9-12(15)3/h10-14H,4-9H2,1-3H3. The summed E-state index contributed by atoms with van der Waals surface area (Å²) in [5, 5.41) is 3.48. The first kappa shape index (κ1) is 11.4. The van der Waals surface area contributed by atoms with E-state index in [9.17, 15) is 0 Å². The molecule has 1 N–H and O–H groups in total. The zero-order valence-electron chi connectivity index (χ0n) is 10.5. The summed E-state index contributed by atoms with van der Waals surface area (Å²) in [6.45, 7) is 10.8. The van der Waals surface area contributed by atoms with Gasteiger partial charge in [0.15, 0.2) is 0 Å². The van der Waals surface area contributed by atoms with Crippen molar-refractivity contribution in [2.45, 2.75) is 52.1 Å². The first-order valence-electron chi connectivity index (χ1n) is 6.65. The van der Waals surface area contributed by atoms with Crippen LogP contribution in [0.1, 0.15) is 40.0 Å². The minimum Gasteiger partial charge on any atom is -0.314 e. The highest BCUT2D eigenvalue weighted by Crippen LogP contribution is 2.32. The molecule has 1 heterocycles. The molecule has 2 heteroatoms. The van der Waals surface area contributed by atoms with Crippen LogP contribution in [0, 0.1) is 11.8 Å². The van der Waals surface area contributed by atoms with Crippen LogP contribution in [0.5, 0.6) is 0 Å². The highest BCUT2D eigenvalue weighted by atomic mass is 15.2. The summed E-state index contributed by atoms with van der Waals surface area (Å²) in [6, 6.07) is 1.61. The molecule has 0 spiro atoms. The summed E-state index contributed by atoms with van der Waals surface area (Å²) in [7, 11) is 0. The van der Waals surface area contributed by atoms with Gasteiger partial charge in [0, 0.05) is 31.7 Å². The molecule has 0 bridgehead atoms. The van der Waals surface area contributed by atoms with E-state index >= 15 is 0 Å². The molecule has 2 nitrogen and oxygen atoms in total. The molecule has 0 aromatic carbocycles. The number of piperazine rings is 1. The molecule has 2 aliphatic rings. The fraction of sp³-hybridized carbons (Fsp3) is 1.00. The van der Waals surface area contributed by atoms with Crippen molar-refractivity contribution >= 4 is 0 Å². The Morgan fingerprint density at radius 3 is 2.53 bits per heavy atom. The van der Waals surface area contributed by atoms with Crippen molar-refractivity contribution in [1.29, 1.82) is 0 Å². The summed E-state index contributed by atoms with van der Waals surface area (Å²) in [6.07, 6.45) is 4.28. The fourth-order valence-corrected chi connectivity index (χ4v) is 3.22. The molecule has 4 unspecified atom stereocenters. The van der Waals surface area contributed by atoms with Gasteiger partial charge in [-0.25, -0.2) is 0 Å². The van der Waals surface area contributed by atoms with Gasteiger partial charge >= 0.3 is 0 Å². The van der Waals surface area contributed by atoms with E-state index in [-0.39, 0.29) is 0 Å². The monoisotopic (exact) mass is 210 g/mol. The van der Waals surface area contributed by atoms with Crippen molar-refractivity contribution in [2.75, 3.05) is 19.6 Å². The van der Waals surface area contributed by atoms with E-state index in [0.717, 1.165) is 23.9 Å². The van der Waals surface area contributed by atoms with Crippen LogP contribution in [-0.4, -0.2) is 36.6 Å². The van der Waals surface area contributed by atoms with E-state index in [2.05, 4.69) is 31.0 Å². The summed E-state index contributed by atoms with van der Waals surface area (Å²) in [5.41, 5.74) is 0. The van der Waals surface area contributed by atoms with E-state index in [0.29, 0.717) is 0 Å². The number of hydrogen-bond donors (Lipinski definition) is 1. The van der Waals surface area contributed by atoms with Gasteiger partial charge in [-0.3, -0.25) is 4.90 Å². The molecule has 1 aliphatic carbocycles. The maximum Gasteiger partial charge on any atom is 0.0195 e. The lowest BCUT2D eigenvalue weighted by molar-refractivity contribution is 0.0623. The largest absolute Gasteiger partial charge is 0.314 e. The molecule has 2 rings (SSSR count). The molecular weight excluding hydrogens is 184 g/mol. The summed E-state index contributed by atoms with van der Waals surface area (Å²) in [5.74, 6) is 1.87. The number of nitrogens with zero attached hydrogens (tertiary/aromatic N) is 1. The Labute approximate surface area is 94.4 Å². The minimum absolute atomic E-state index is 0.740. The van der Waals surface area contributed by atoms with E-state index in [1.54, 1.807) is 0 Å². The lowest BCUT2D eigenvalue weighted by Crippen LogP contribution is -2.55. The average Bonchev–Trinajstić information content (AvgIpc) is 2.23. The SMILES string of the molecule is CC1CCC(N2CCNCC2C)CC1C. The average molecular weight is 210 g/mol. The summed E-state index contributed by atoms with van der Waals surface area (Å²) >= 11 is 0. The zero-order chi connectivity index (χ0) is 10.8. The third kappa shape index (κ3) is 2.54. The molecule has 1 aliphatic heterocycles. The number of hydrogen-bond acceptors (Lipinski definition) is 2. The molecule has 0 amide bonds. The van der Waals surface area contributed by atoms with E-state index < -0.39 is 0 Å². The van der Waals surface area contributed by atoms with Crippen LogP contribution >= 0.6 is 0 Å². The molecule has 0 aromatic heterocycles. The van der Waals surface area contributed by atoms with Crippen LogP contribution in [0.2, 0.25) is 0 Å². The van der Waals surface area contributed by atoms with Gasteiger partial charge in [-0.05, 0) is 38.0 Å². The molecule has 2 fully saturated rings. The van der Waals surface area contributed by atoms with E-state index in [1.165, 1.54) is 38.9 Å². The highest BCUT2D eigenvalue weighted by molar-refractivity contribution is 4.87. The lowest BCUT2D eigenvalue weighted by atomic mass is 9.78. The molecule has 15 heavy (non-hydrogen) atoms. The summed E-state index contributed by atoms with van der Waals surface area (Å²) in [4.78, 5) is 2.75. The second kappa shape index (κ2) is 4.84. The van der Waals surface area contributed by atoms with Crippen LogP contribution in [-0.2, 0) is 0 Å². The summed E-state index contributed by atoms with van der Waals surface area (Å²) < 4.78 is 0. The van der Waals surface area contributed by atoms with E-state index in [1.807, 2.05) is 0 Å². The number of nitrogens with one attached hydrogen (secondary N) is 1. The first-order valence-corrected chi connectivity index (χ1v) is 6.65. The van der Waals surface area contributed by atoms with Gasteiger partial charge in [0.05, 0.1) is 0 Å². The zero-order valence-corrected chi connectivity index (χ0v) is 10.5. The Morgan fingerprint density at radius 2 is 1.87 bits per heavy atom. The predicted molar refractivity (Wildman–Crippen MR) is 65.0 cm³/mol. The van der Waals surface area contributed by atoms with E-state index in [4.69, 9.17) is 0 Å². The fourth-order valence-electron chi connectivity index (χ4n) is 3.22. The van der Waals surface area contributed by atoms with Gasteiger partial charge < -0.3 is 5.32 Å². The Bertz CT molecular complexity index is 205. The normalized spacial score (nSPS) is 44.2. The second-order valence-corrected chi connectivity index (χ2v) is 5.71. The molecule has 0 aromatic rings. The van der Waals surface area contributed by atoms with Crippen molar-refractivity contribution in [3.05, 3.63) is 0 Å². The van der Waals surface area contributed by atoms with Crippen LogP contribution in [0.4, 0.5) is 0 Å². The van der Waals surface area contributed by atoms with Gasteiger partial charge in [-0.2, -0.15) is 0 Å². The molecular formula is C13H26N2. The Hall–Kier alpha value is -0.0800. The van der Waals surface area contributed by atoms with Crippen molar-refractivity contribution in [2.24, 2.45) is 11.8 Å². The van der Waals surface area contributed by atoms with Crippen molar-refractivity contribution in [1.82, 2.24) is 10.2 Å². The maximum absolute atomic E-state index is 3.48. The Kier molecular flexibility index (Phi) is 3.68. The lowest BCUT2D eigenvalue weighted by Gasteiger charge is -2.44. The predicted octanol–water partition coefficient (Wildman–Crippen LogP) is 2.10. The van der Waals surface area contributed by atoms with Gasteiger partial charge in [-0.15, -0.1) is 0 Å². The smallest absolute Gasteiger partial charge is 0.0195 e. The van der Waals surface area contributed by atoms with Crippen LogP contribution in [0.3, 0.4) is 0 Å². The van der Waals surface area contributed by atoms with Crippen molar-refractivity contribution in [3.63, 3.8) is 0 Å². The third-order valence-electron chi connectivity index (χ3n) is 4.59. The van der Waals surface area contributed by atoms with Gasteiger partial charge in [0.1, 0.15) is 0 Å². The third-order valence-corrected chi connectivity index (χ3v) is 4.59. The Morgan fingerprint density at radius 1 is 1.07 bits per heavy atom. The number of rotatable bonds is 1. The van der Waals surface area contributed by atoms with Gasteiger partial charge in [0.2, 0.25) is 0 Å². The molecule has 4 atom stereocenters. The van der Waals surface area contributed by atoms with Crippen LogP contribution in [0.15, 0.2) is 0 Å². The van der Waals surface area contributed by atoms with Crippen molar-refractivity contribution in [3.8, 4) is 0 Å². The first-order chi connectivity index (χ1) is 7.18. The van der Waals surface area contributed by atoms with Crippen LogP contribution < -0.4 is 5.32 Å². The second-order valence-electron chi connectivity index (χ2n) is 5.71. The topological polar surface area (TPSA) is 15.3 Å². The minimum atomic E-state index is 0.740. The van der Waals surface area contributed by atoms with Crippen molar-refractivity contribution < 1.29 is 0 Å². The molecule has 0 radical (unpaired) electrons. The molecule has 1 saturated heterocycles. The maximum atomic E-state index is 3.48. The van der Waals surface area contributed by atoms with Gasteiger partial charge in [-0.1, -0.05) is 13.8 Å². The Balaban J connectivity index is 1.92. The van der Waals surface area contributed by atoms with Crippen LogP contribution in [0.25, 0.3) is 0 Å². The van der Waals surface area contributed by atoms with Gasteiger partial charge in [0.25, 0.3) is 0 Å². The quantitative estimate of drug-likeness (QED) is 0.713. The molecule has 88 valence electrons.